The predicted molar refractivity (Wildman–Crippen MR) is 46.7 cm³/mol. The fourth-order valence-electron chi connectivity index (χ4n) is 0.965. The summed E-state index contributed by atoms with van der Waals surface area (Å²) in [7, 11) is 0. The van der Waals surface area contributed by atoms with E-state index in [1.165, 1.54) is 0 Å². The number of nitrogens with one attached hydrogen (secondary N) is 2. The van der Waals surface area contributed by atoms with Gasteiger partial charge in [0.2, 0.25) is 0 Å². The molecule has 1 aromatic heterocycles. The van der Waals surface area contributed by atoms with Crippen LogP contribution >= 0.6 is 0 Å². The topological polar surface area (TPSA) is 60.9 Å². The van der Waals surface area contributed by atoms with Gasteiger partial charge < -0.3 is 10.4 Å². The van der Waals surface area contributed by atoms with E-state index in [-0.39, 0.29) is 12.1 Å². The highest BCUT2D eigenvalue weighted by molar-refractivity contribution is 5.02. The third-order valence-corrected chi connectivity index (χ3v) is 1.71. The molecule has 0 aromatic carbocycles. The first-order valence-electron chi connectivity index (χ1n) is 4.11. The van der Waals surface area contributed by atoms with Crippen LogP contribution in [0.3, 0.4) is 0 Å². The first kappa shape index (κ1) is 9.22. The third-order valence-electron chi connectivity index (χ3n) is 1.71. The number of hydrogen-bond donors (Lipinski definition) is 3. The van der Waals surface area contributed by atoms with Crippen molar-refractivity contribution in [3.05, 3.63) is 18.0 Å². The van der Waals surface area contributed by atoms with E-state index in [1.54, 1.807) is 13.1 Å². The van der Waals surface area contributed by atoms with E-state index in [9.17, 15) is 0 Å². The van der Waals surface area contributed by atoms with Crippen LogP contribution in [-0.4, -0.2) is 28.0 Å². The molecule has 12 heavy (non-hydrogen) atoms. The summed E-state index contributed by atoms with van der Waals surface area (Å²) < 4.78 is 0. The first-order valence-corrected chi connectivity index (χ1v) is 4.11. The lowest BCUT2D eigenvalue weighted by Gasteiger charge is -2.12. The van der Waals surface area contributed by atoms with Gasteiger partial charge in [0.25, 0.3) is 0 Å². The number of rotatable bonds is 4. The van der Waals surface area contributed by atoms with Crippen molar-refractivity contribution in [3.8, 4) is 0 Å². The molecule has 0 saturated carbocycles. The number of aliphatic hydroxyl groups is 1. The highest BCUT2D eigenvalue weighted by Crippen LogP contribution is 2.06. The van der Waals surface area contributed by atoms with E-state index in [4.69, 9.17) is 5.11 Å². The van der Waals surface area contributed by atoms with Gasteiger partial charge in [0, 0.05) is 18.8 Å². The Morgan fingerprint density at radius 1 is 1.67 bits per heavy atom. The molecule has 0 fully saturated rings. The molecule has 0 aliphatic rings. The summed E-state index contributed by atoms with van der Waals surface area (Å²) in [5.41, 5.74) is 1.04. The summed E-state index contributed by atoms with van der Waals surface area (Å²) in [4.78, 5) is 0. The fourth-order valence-corrected chi connectivity index (χ4v) is 0.965. The van der Waals surface area contributed by atoms with Crippen LogP contribution in [0.5, 0.6) is 0 Å². The SMILES string of the molecule is CC(O)CNC(C)c1ccn[nH]1. The Hall–Kier alpha value is -0.870. The molecule has 0 aliphatic carbocycles. The van der Waals surface area contributed by atoms with Crippen molar-refractivity contribution in [2.24, 2.45) is 0 Å². The van der Waals surface area contributed by atoms with Crippen molar-refractivity contribution in [2.75, 3.05) is 6.54 Å². The zero-order valence-electron chi connectivity index (χ0n) is 7.41. The number of H-pyrrole nitrogens is 1. The molecule has 0 aliphatic heterocycles. The summed E-state index contributed by atoms with van der Waals surface area (Å²) in [5, 5.41) is 18.9. The average molecular weight is 169 g/mol. The molecule has 0 bridgehead atoms. The second-order valence-electron chi connectivity index (χ2n) is 2.99. The van der Waals surface area contributed by atoms with Gasteiger partial charge in [0.15, 0.2) is 0 Å². The lowest BCUT2D eigenvalue weighted by atomic mass is 10.2. The summed E-state index contributed by atoms with van der Waals surface area (Å²) in [6, 6.07) is 2.13. The molecule has 0 spiro atoms. The minimum Gasteiger partial charge on any atom is -0.392 e. The summed E-state index contributed by atoms with van der Waals surface area (Å²) in [6.45, 7) is 4.38. The van der Waals surface area contributed by atoms with Gasteiger partial charge in [-0.15, -0.1) is 0 Å². The lowest BCUT2D eigenvalue weighted by molar-refractivity contribution is 0.187. The minimum atomic E-state index is -0.310. The Morgan fingerprint density at radius 2 is 2.42 bits per heavy atom. The zero-order chi connectivity index (χ0) is 8.97. The molecule has 0 saturated heterocycles. The van der Waals surface area contributed by atoms with Gasteiger partial charge in [-0.05, 0) is 19.9 Å². The second-order valence-corrected chi connectivity index (χ2v) is 2.99. The molecule has 4 nitrogen and oxygen atoms in total. The Balaban J connectivity index is 2.34. The van der Waals surface area contributed by atoms with Gasteiger partial charge >= 0.3 is 0 Å². The molecule has 0 radical (unpaired) electrons. The maximum absolute atomic E-state index is 9.01. The smallest absolute Gasteiger partial charge is 0.0636 e. The van der Waals surface area contributed by atoms with Gasteiger partial charge in [-0.2, -0.15) is 5.10 Å². The Kier molecular flexibility index (Phi) is 3.25. The molecular formula is C8H15N3O. The quantitative estimate of drug-likeness (QED) is 0.613. The molecule has 2 unspecified atom stereocenters. The van der Waals surface area contributed by atoms with E-state index in [0.29, 0.717) is 6.54 Å². The van der Waals surface area contributed by atoms with Gasteiger partial charge in [0.05, 0.1) is 11.8 Å². The number of hydrogen-bond acceptors (Lipinski definition) is 3. The van der Waals surface area contributed by atoms with Gasteiger partial charge in [-0.3, -0.25) is 5.10 Å². The van der Waals surface area contributed by atoms with Crippen LogP contribution in [0.4, 0.5) is 0 Å². The predicted octanol–water partition coefficient (Wildman–Crippen LogP) is 0.441. The standard InChI is InChI=1S/C8H15N3O/c1-6(12)5-9-7(2)8-3-4-10-11-8/h3-4,6-7,9,12H,5H2,1-2H3,(H,10,11). The van der Waals surface area contributed by atoms with Crippen LogP contribution < -0.4 is 5.32 Å². The van der Waals surface area contributed by atoms with Gasteiger partial charge in [-0.1, -0.05) is 0 Å². The monoisotopic (exact) mass is 169 g/mol. The molecular weight excluding hydrogens is 154 g/mol. The largest absolute Gasteiger partial charge is 0.392 e. The molecule has 1 heterocycles. The van der Waals surface area contributed by atoms with E-state index in [0.717, 1.165) is 5.69 Å². The van der Waals surface area contributed by atoms with Crippen molar-refractivity contribution in [1.29, 1.82) is 0 Å². The summed E-state index contributed by atoms with van der Waals surface area (Å²) >= 11 is 0. The minimum absolute atomic E-state index is 0.210. The Morgan fingerprint density at radius 3 is 2.92 bits per heavy atom. The van der Waals surface area contributed by atoms with E-state index in [2.05, 4.69) is 15.5 Å². The molecule has 1 rings (SSSR count). The molecule has 68 valence electrons. The zero-order valence-corrected chi connectivity index (χ0v) is 7.41. The number of aliphatic hydroxyl groups excluding tert-OH is 1. The normalized spacial score (nSPS) is 15.9. The van der Waals surface area contributed by atoms with Crippen LogP contribution in [-0.2, 0) is 0 Å². The van der Waals surface area contributed by atoms with Gasteiger partial charge in [-0.25, -0.2) is 0 Å². The average Bonchev–Trinajstić information content (AvgIpc) is 2.51. The summed E-state index contributed by atoms with van der Waals surface area (Å²) in [5.74, 6) is 0. The molecule has 4 heteroatoms. The van der Waals surface area contributed by atoms with E-state index >= 15 is 0 Å². The fraction of sp³-hybridized carbons (Fsp3) is 0.625. The highest BCUT2D eigenvalue weighted by atomic mass is 16.3. The Bertz CT molecular complexity index is 208. The maximum atomic E-state index is 9.01. The van der Waals surface area contributed by atoms with Crippen molar-refractivity contribution in [3.63, 3.8) is 0 Å². The van der Waals surface area contributed by atoms with Crippen molar-refractivity contribution < 1.29 is 5.11 Å². The maximum Gasteiger partial charge on any atom is 0.0636 e. The number of nitrogens with zero attached hydrogens (tertiary/aromatic N) is 1. The van der Waals surface area contributed by atoms with Crippen molar-refractivity contribution >= 4 is 0 Å². The van der Waals surface area contributed by atoms with Crippen molar-refractivity contribution in [2.45, 2.75) is 26.0 Å². The van der Waals surface area contributed by atoms with E-state index < -0.39 is 0 Å². The van der Waals surface area contributed by atoms with E-state index in [1.807, 2.05) is 13.0 Å². The van der Waals surface area contributed by atoms with Crippen LogP contribution in [0.1, 0.15) is 25.6 Å². The van der Waals surface area contributed by atoms with Crippen LogP contribution in [0.25, 0.3) is 0 Å². The summed E-state index contributed by atoms with van der Waals surface area (Å²) in [6.07, 6.45) is 1.41. The first-order chi connectivity index (χ1) is 5.70. The van der Waals surface area contributed by atoms with Crippen LogP contribution in [0.2, 0.25) is 0 Å². The Labute approximate surface area is 72.0 Å². The number of aromatic amines is 1. The van der Waals surface area contributed by atoms with Crippen LogP contribution in [0.15, 0.2) is 12.3 Å². The molecule has 3 N–H and O–H groups in total. The van der Waals surface area contributed by atoms with Crippen LogP contribution in [0, 0.1) is 0 Å². The molecule has 1 aromatic rings. The highest BCUT2D eigenvalue weighted by Gasteiger charge is 2.05. The van der Waals surface area contributed by atoms with Crippen molar-refractivity contribution in [1.82, 2.24) is 15.5 Å². The lowest BCUT2D eigenvalue weighted by Crippen LogP contribution is -2.27. The van der Waals surface area contributed by atoms with Gasteiger partial charge in [0.1, 0.15) is 0 Å². The molecule has 0 amide bonds. The number of aromatic nitrogens is 2. The second kappa shape index (κ2) is 4.23. The molecule has 2 atom stereocenters. The third kappa shape index (κ3) is 2.64.